The van der Waals surface area contributed by atoms with Crippen molar-refractivity contribution in [2.24, 2.45) is 5.92 Å². The first-order valence-corrected chi connectivity index (χ1v) is 12.9. The van der Waals surface area contributed by atoms with Gasteiger partial charge in [0.2, 0.25) is 11.8 Å². The fourth-order valence-corrected chi connectivity index (χ4v) is 4.74. The molecule has 1 aromatic heterocycles. The highest BCUT2D eigenvalue weighted by atomic mass is 35.5. The van der Waals surface area contributed by atoms with E-state index in [9.17, 15) is 9.59 Å². The van der Waals surface area contributed by atoms with Crippen molar-refractivity contribution in [1.29, 1.82) is 0 Å². The summed E-state index contributed by atoms with van der Waals surface area (Å²) >= 11 is 6.10. The number of piperidine rings is 1. The second-order valence-corrected chi connectivity index (χ2v) is 9.92. The van der Waals surface area contributed by atoms with E-state index in [0.29, 0.717) is 31.1 Å². The van der Waals surface area contributed by atoms with E-state index in [2.05, 4.69) is 47.6 Å². The highest BCUT2D eigenvalue weighted by Gasteiger charge is 2.30. The minimum Gasteiger partial charge on any atom is -0.355 e. The molecule has 0 unspecified atom stereocenters. The lowest BCUT2D eigenvalue weighted by Crippen LogP contribution is -2.41. The van der Waals surface area contributed by atoms with Crippen LogP contribution in [0.3, 0.4) is 0 Å². The van der Waals surface area contributed by atoms with Gasteiger partial charge in [0.05, 0.1) is 11.4 Å². The summed E-state index contributed by atoms with van der Waals surface area (Å²) in [6.07, 6.45) is 1.84. The maximum atomic E-state index is 13.0. The van der Waals surface area contributed by atoms with E-state index in [4.69, 9.17) is 16.7 Å². The Morgan fingerprint density at radius 2 is 1.75 bits per heavy atom. The maximum Gasteiger partial charge on any atom is 0.224 e. The molecule has 0 radical (unpaired) electrons. The summed E-state index contributed by atoms with van der Waals surface area (Å²) in [5, 5.41) is 11.6. The molecule has 0 atom stereocenters. The first-order valence-electron chi connectivity index (χ1n) is 12.5. The van der Waals surface area contributed by atoms with Crippen LogP contribution in [0.2, 0.25) is 5.02 Å². The summed E-state index contributed by atoms with van der Waals surface area (Å²) in [6, 6.07) is 13.8. The zero-order chi connectivity index (χ0) is 25.8. The van der Waals surface area contributed by atoms with Crippen LogP contribution in [0.25, 0.3) is 5.69 Å². The third-order valence-electron chi connectivity index (χ3n) is 6.82. The summed E-state index contributed by atoms with van der Waals surface area (Å²) in [5.41, 5.74) is 5.85. The van der Waals surface area contributed by atoms with Gasteiger partial charge in [0.1, 0.15) is 5.69 Å². The van der Waals surface area contributed by atoms with Gasteiger partial charge in [0, 0.05) is 37.0 Å². The van der Waals surface area contributed by atoms with Crippen LogP contribution < -0.4 is 15.5 Å². The number of carbonyl (C=O) groups excluding carboxylic acids is 2. The van der Waals surface area contributed by atoms with Gasteiger partial charge in [-0.15, -0.1) is 0 Å². The van der Waals surface area contributed by atoms with Crippen LogP contribution in [0, 0.1) is 26.7 Å². The number of rotatable bonds is 7. The van der Waals surface area contributed by atoms with E-state index in [1.807, 2.05) is 42.8 Å². The molecule has 4 rings (SSSR count). The number of hydrogen-bond donors (Lipinski definition) is 2. The molecule has 0 aliphatic carbocycles. The minimum absolute atomic E-state index is 0.0481. The van der Waals surface area contributed by atoms with Gasteiger partial charge in [0.15, 0.2) is 5.82 Å². The predicted octanol–water partition coefficient (Wildman–Crippen LogP) is 5.33. The molecule has 3 aromatic rings. The molecular formula is C28H34ClN5O2. The van der Waals surface area contributed by atoms with Gasteiger partial charge in [-0.2, -0.15) is 5.10 Å². The predicted molar refractivity (Wildman–Crippen MR) is 145 cm³/mol. The first-order chi connectivity index (χ1) is 17.3. The van der Waals surface area contributed by atoms with E-state index >= 15 is 0 Å². The molecule has 8 heteroatoms. The average Bonchev–Trinajstić information content (AvgIpc) is 3.20. The second kappa shape index (κ2) is 11.2. The highest BCUT2D eigenvalue weighted by Crippen LogP contribution is 2.35. The standard InChI is InChI=1S/C28H34ClN5O2/c1-5-25(35)31-26-20(4)32-34(24-10-8-23(29)9-11-24)28(26)33-14-12-21(13-15-33)27(36)30-17-22-16-18(2)6-7-19(22)3/h6-11,16,21H,5,12-15,17H2,1-4H3,(H,30,36)(H,31,35). The third-order valence-corrected chi connectivity index (χ3v) is 7.07. The quantitative estimate of drug-likeness (QED) is 0.453. The van der Waals surface area contributed by atoms with Crippen molar-refractivity contribution in [3.8, 4) is 5.69 Å². The van der Waals surface area contributed by atoms with Gasteiger partial charge in [-0.1, -0.05) is 42.3 Å². The zero-order valence-corrected chi connectivity index (χ0v) is 22.2. The molecule has 0 spiro atoms. The molecule has 1 aliphatic rings. The monoisotopic (exact) mass is 507 g/mol. The van der Waals surface area contributed by atoms with Crippen LogP contribution in [-0.4, -0.2) is 34.7 Å². The molecule has 2 amide bonds. The Kier molecular flexibility index (Phi) is 7.99. The number of aromatic nitrogens is 2. The zero-order valence-electron chi connectivity index (χ0n) is 21.4. The number of nitrogens with zero attached hydrogens (tertiary/aromatic N) is 3. The topological polar surface area (TPSA) is 79.3 Å². The molecule has 1 aliphatic heterocycles. The van der Waals surface area contributed by atoms with Crippen LogP contribution in [0.4, 0.5) is 11.5 Å². The number of hydrogen-bond acceptors (Lipinski definition) is 4. The normalized spacial score (nSPS) is 14.1. The SMILES string of the molecule is CCC(=O)Nc1c(C)nn(-c2ccc(Cl)cc2)c1N1CCC(C(=O)NCc2cc(C)ccc2C)CC1. The first kappa shape index (κ1) is 25.8. The fourth-order valence-electron chi connectivity index (χ4n) is 4.61. The van der Waals surface area contributed by atoms with Crippen LogP contribution in [0.15, 0.2) is 42.5 Å². The molecule has 2 heterocycles. The third kappa shape index (κ3) is 5.73. The van der Waals surface area contributed by atoms with Gasteiger partial charge >= 0.3 is 0 Å². The summed E-state index contributed by atoms with van der Waals surface area (Å²) in [5.74, 6) is 0.826. The Hall–Kier alpha value is -3.32. The van der Waals surface area contributed by atoms with Crippen LogP contribution in [0.1, 0.15) is 48.6 Å². The van der Waals surface area contributed by atoms with Gasteiger partial charge in [-0.05, 0) is 69.0 Å². The lowest BCUT2D eigenvalue weighted by atomic mass is 9.95. The molecule has 2 aromatic carbocycles. The summed E-state index contributed by atoms with van der Waals surface area (Å²) < 4.78 is 1.86. The van der Waals surface area contributed by atoms with Crippen molar-refractivity contribution in [3.63, 3.8) is 0 Å². The highest BCUT2D eigenvalue weighted by molar-refractivity contribution is 6.30. The maximum absolute atomic E-state index is 13.0. The molecule has 36 heavy (non-hydrogen) atoms. The van der Waals surface area contributed by atoms with Gasteiger partial charge < -0.3 is 15.5 Å². The van der Waals surface area contributed by atoms with Gasteiger partial charge in [0.25, 0.3) is 0 Å². The van der Waals surface area contributed by atoms with E-state index in [1.54, 1.807) is 0 Å². The number of halogens is 1. The Morgan fingerprint density at radius 1 is 1.06 bits per heavy atom. The van der Waals surface area contributed by atoms with E-state index in [-0.39, 0.29) is 17.7 Å². The summed E-state index contributed by atoms with van der Waals surface area (Å²) in [4.78, 5) is 27.5. The fraction of sp³-hybridized carbons (Fsp3) is 0.393. The Bertz CT molecular complexity index is 1240. The molecule has 0 bridgehead atoms. The van der Waals surface area contributed by atoms with Crippen molar-refractivity contribution < 1.29 is 9.59 Å². The van der Waals surface area contributed by atoms with Crippen molar-refractivity contribution in [2.75, 3.05) is 23.3 Å². The molecular weight excluding hydrogens is 474 g/mol. The Balaban J connectivity index is 1.50. The number of nitrogens with one attached hydrogen (secondary N) is 2. The number of anilines is 2. The Labute approximate surface area is 217 Å². The van der Waals surface area contributed by atoms with E-state index < -0.39 is 0 Å². The van der Waals surface area contributed by atoms with E-state index in [1.165, 1.54) is 11.1 Å². The Morgan fingerprint density at radius 3 is 2.42 bits per heavy atom. The van der Waals surface area contributed by atoms with Crippen molar-refractivity contribution in [1.82, 2.24) is 15.1 Å². The van der Waals surface area contributed by atoms with E-state index in [0.717, 1.165) is 41.3 Å². The smallest absolute Gasteiger partial charge is 0.224 e. The minimum atomic E-state index is -0.0595. The van der Waals surface area contributed by atoms with Crippen molar-refractivity contribution in [2.45, 2.75) is 53.5 Å². The molecule has 190 valence electrons. The van der Waals surface area contributed by atoms with Crippen LogP contribution in [0.5, 0.6) is 0 Å². The van der Waals surface area contributed by atoms with Crippen LogP contribution in [-0.2, 0) is 16.1 Å². The number of carbonyl (C=O) groups is 2. The molecule has 7 nitrogen and oxygen atoms in total. The molecule has 2 N–H and O–H groups in total. The molecule has 1 saturated heterocycles. The largest absolute Gasteiger partial charge is 0.355 e. The number of amides is 2. The van der Waals surface area contributed by atoms with Crippen molar-refractivity contribution in [3.05, 3.63) is 69.9 Å². The van der Waals surface area contributed by atoms with Gasteiger partial charge in [-0.25, -0.2) is 4.68 Å². The number of benzene rings is 2. The lowest BCUT2D eigenvalue weighted by Gasteiger charge is -2.33. The lowest BCUT2D eigenvalue weighted by molar-refractivity contribution is -0.125. The van der Waals surface area contributed by atoms with Gasteiger partial charge in [-0.3, -0.25) is 9.59 Å². The summed E-state index contributed by atoms with van der Waals surface area (Å²) in [6.45, 7) is 9.78. The molecule has 1 fully saturated rings. The molecule has 0 saturated carbocycles. The second-order valence-electron chi connectivity index (χ2n) is 9.48. The summed E-state index contributed by atoms with van der Waals surface area (Å²) in [7, 11) is 0. The average molecular weight is 508 g/mol. The van der Waals surface area contributed by atoms with Crippen molar-refractivity contribution >= 4 is 34.9 Å². The van der Waals surface area contributed by atoms with Crippen LogP contribution >= 0.6 is 11.6 Å². The number of aryl methyl sites for hydroxylation is 3.